The molecule has 0 spiro atoms. The predicted octanol–water partition coefficient (Wildman–Crippen LogP) is 4.00. The largest absolute Gasteiger partial charge is 0.481 e. The number of hydrogen-bond donors (Lipinski definition) is 3. The predicted molar refractivity (Wildman–Crippen MR) is 150 cm³/mol. The maximum absolute atomic E-state index is 13.5. The van der Waals surface area contributed by atoms with Crippen molar-refractivity contribution in [2.24, 2.45) is 5.92 Å². The van der Waals surface area contributed by atoms with Gasteiger partial charge in [-0.15, -0.1) is 0 Å². The number of hydrogen-bond acceptors (Lipinski definition) is 6. The van der Waals surface area contributed by atoms with E-state index in [1.807, 2.05) is 54.6 Å². The minimum Gasteiger partial charge on any atom is -0.481 e. The second kappa shape index (κ2) is 12.1. The van der Waals surface area contributed by atoms with Gasteiger partial charge in [0.1, 0.15) is 17.7 Å². The van der Waals surface area contributed by atoms with Crippen LogP contribution >= 0.6 is 0 Å². The lowest BCUT2D eigenvalue weighted by atomic mass is 10.0. The third kappa shape index (κ3) is 7.34. The topological polar surface area (TPSA) is 138 Å². The van der Waals surface area contributed by atoms with E-state index in [0.29, 0.717) is 12.1 Å². The molecule has 1 aliphatic heterocycles. The van der Waals surface area contributed by atoms with Crippen LogP contribution in [0, 0.1) is 5.92 Å². The number of benzene rings is 2. The Labute approximate surface area is 232 Å². The number of aliphatic carboxylic acids is 1. The van der Waals surface area contributed by atoms with Crippen LogP contribution in [-0.4, -0.2) is 63.1 Å². The average Bonchev–Trinajstić information content (AvgIpc) is 3.37. The zero-order valence-corrected chi connectivity index (χ0v) is 22.8. The summed E-state index contributed by atoms with van der Waals surface area (Å²) in [6.07, 6.45) is 1.48. The fourth-order valence-electron chi connectivity index (χ4n) is 4.65. The fourth-order valence-corrected chi connectivity index (χ4v) is 4.65. The summed E-state index contributed by atoms with van der Waals surface area (Å²) in [6, 6.07) is 16.8. The van der Waals surface area contributed by atoms with Gasteiger partial charge in [0, 0.05) is 11.9 Å². The summed E-state index contributed by atoms with van der Waals surface area (Å²) in [5.74, 6) is -3.09. The standard InChI is InChI=1S/C30H34N4O6/c1-30(2,3)40-29(39)34-18-21(28(37)38)16-25(34)27(36)33-24(14-13-19-9-5-4-6-10-19)26(35)32-22-15-20-11-7-8-12-23(20)31-17-22/h4-12,15,17,21,24-25H,13-14,16,18H2,1-3H3,(H,32,35)(H,33,36)(H,37,38)/t21-,24-,25?/m0/s1. The molecule has 1 aliphatic rings. The van der Waals surface area contributed by atoms with Crippen LogP contribution in [0.3, 0.4) is 0 Å². The molecule has 10 heteroatoms. The van der Waals surface area contributed by atoms with Crippen molar-refractivity contribution in [2.75, 3.05) is 11.9 Å². The molecule has 210 valence electrons. The minimum absolute atomic E-state index is 0.0813. The minimum atomic E-state index is -1.11. The van der Waals surface area contributed by atoms with Crippen LogP contribution in [0.15, 0.2) is 66.9 Å². The van der Waals surface area contributed by atoms with E-state index in [2.05, 4.69) is 15.6 Å². The van der Waals surface area contributed by atoms with Crippen molar-refractivity contribution >= 4 is 40.5 Å². The Hall–Kier alpha value is -4.47. The second-order valence-electron chi connectivity index (χ2n) is 10.9. The first-order valence-electron chi connectivity index (χ1n) is 13.2. The third-order valence-electron chi connectivity index (χ3n) is 6.64. The van der Waals surface area contributed by atoms with Crippen LogP contribution in [0.4, 0.5) is 10.5 Å². The quantitative estimate of drug-likeness (QED) is 0.388. The molecule has 40 heavy (non-hydrogen) atoms. The number of carbonyl (C=O) groups excluding carboxylic acids is 3. The monoisotopic (exact) mass is 546 g/mol. The van der Waals surface area contributed by atoms with Crippen LogP contribution in [0.5, 0.6) is 0 Å². The van der Waals surface area contributed by atoms with E-state index in [1.165, 1.54) is 0 Å². The van der Waals surface area contributed by atoms with Crippen LogP contribution in [-0.2, 0) is 25.5 Å². The number of ether oxygens (including phenoxy) is 1. The summed E-state index contributed by atoms with van der Waals surface area (Å²) in [6.45, 7) is 4.91. The first-order valence-corrected chi connectivity index (χ1v) is 13.2. The van der Waals surface area contributed by atoms with Gasteiger partial charge in [-0.25, -0.2) is 4.79 Å². The number of anilines is 1. The van der Waals surface area contributed by atoms with Crippen LogP contribution in [0.2, 0.25) is 0 Å². The van der Waals surface area contributed by atoms with Gasteiger partial charge in [-0.2, -0.15) is 0 Å². The van der Waals surface area contributed by atoms with Crippen LogP contribution in [0.1, 0.15) is 39.2 Å². The average molecular weight is 547 g/mol. The highest BCUT2D eigenvalue weighted by atomic mass is 16.6. The molecule has 4 rings (SSSR count). The number of aryl methyl sites for hydroxylation is 1. The molecule has 3 amide bonds. The zero-order valence-electron chi connectivity index (χ0n) is 22.8. The molecule has 10 nitrogen and oxygen atoms in total. The molecule has 0 radical (unpaired) electrons. The number of nitrogens with one attached hydrogen (secondary N) is 2. The Morgan fingerprint density at radius 3 is 2.48 bits per heavy atom. The molecule has 1 fully saturated rings. The van der Waals surface area contributed by atoms with Gasteiger partial charge < -0.3 is 20.5 Å². The van der Waals surface area contributed by atoms with Crippen molar-refractivity contribution in [3.05, 3.63) is 72.4 Å². The van der Waals surface area contributed by atoms with Gasteiger partial charge in [0.25, 0.3) is 0 Å². The van der Waals surface area contributed by atoms with Crippen molar-refractivity contribution in [1.82, 2.24) is 15.2 Å². The maximum atomic E-state index is 13.5. The SMILES string of the molecule is CC(C)(C)OC(=O)N1C[C@@H](C(=O)O)CC1C(=O)N[C@@H](CCc1ccccc1)C(=O)Nc1cnc2ccccc2c1. The Kier molecular flexibility index (Phi) is 8.67. The van der Waals surface area contributed by atoms with E-state index in [0.717, 1.165) is 21.4 Å². The van der Waals surface area contributed by atoms with Gasteiger partial charge in [0.15, 0.2) is 0 Å². The number of carboxylic acids is 1. The molecule has 2 aromatic carbocycles. The lowest BCUT2D eigenvalue weighted by Gasteiger charge is -2.29. The van der Waals surface area contributed by atoms with Gasteiger partial charge in [0.05, 0.1) is 23.3 Å². The number of aromatic nitrogens is 1. The molecule has 3 N–H and O–H groups in total. The number of nitrogens with zero attached hydrogens (tertiary/aromatic N) is 2. The van der Waals surface area contributed by atoms with E-state index >= 15 is 0 Å². The van der Waals surface area contributed by atoms with Crippen molar-refractivity contribution in [3.8, 4) is 0 Å². The van der Waals surface area contributed by atoms with Gasteiger partial charge in [-0.05, 0) is 57.7 Å². The van der Waals surface area contributed by atoms with Gasteiger partial charge in [-0.1, -0.05) is 48.5 Å². The first kappa shape index (κ1) is 28.5. The highest BCUT2D eigenvalue weighted by Crippen LogP contribution is 2.26. The summed E-state index contributed by atoms with van der Waals surface area (Å²) < 4.78 is 5.43. The van der Waals surface area contributed by atoms with Crippen molar-refractivity contribution in [3.63, 3.8) is 0 Å². The van der Waals surface area contributed by atoms with Crippen molar-refractivity contribution in [1.29, 1.82) is 0 Å². The summed E-state index contributed by atoms with van der Waals surface area (Å²) in [5, 5.41) is 16.1. The Bertz CT molecular complexity index is 1390. The van der Waals surface area contributed by atoms with E-state index in [-0.39, 0.29) is 19.4 Å². The van der Waals surface area contributed by atoms with E-state index in [4.69, 9.17) is 4.74 Å². The molecule has 0 saturated carbocycles. The number of fused-ring (bicyclic) bond motifs is 1. The first-order chi connectivity index (χ1) is 19.0. The highest BCUT2D eigenvalue weighted by Gasteiger charge is 2.44. The molecule has 1 unspecified atom stereocenters. The summed E-state index contributed by atoms with van der Waals surface area (Å²) in [7, 11) is 0. The van der Waals surface area contributed by atoms with E-state index < -0.39 is 47.5 Å². The molecular formula is C30H34N4O6. The summed E-state index contributed by atoms with van der Waals surface area (Å²) >= 11 is 0. The van der Waals surface area contributed by atoms with Gasteiger partial charge >= 0.3 is 12.1 Å². The van der Waals surface area contributed by atoms with Crippen LogP contribution < -0.4 is 10.6 Å². The number of rotatable bonds is 8. The lowest BCUT2D eigenvalue weighted by Crippen LogP contribution is -2.52. The number of carboxylic acid groups (broad SMARTS) is 1. The number of para-hydroxylation sites is 1. The Balaban J connectivity index is 1.53. The third-order valence-corrected chi connectivity index (χ3v) is 6.64. The maximum Gasteiger partial charge on any atom is 0.410 e. The van der Waals surface area contributed by atoms with E-state index in [1.54, 1.807) is 33.0 Å². The second-order valence-corrected chi connectivity index (χ2v) is 10.9. The smallest absolute Gasteiger partial charge is 0.410 e. The molecule has 3 aromatic rings. The summed E-state index contributed by atoms with van der Waals surface area (Å²) in [5.41, 5.74) is 1.42. The number of pyridine rings is 1. The van der Waals surface area contributed by atoms with Crippen molar-refractivity contribution < 1.29 is 29.0 Å². The molecular weight excluding hydrogens is 512 g/mol. The fraction of sp³-hybridized carbons (Fsp3) is 0.367. The van der Waals surface area contributed by atoms with E-state index in [9.17, 15) is 24.3 Å². The van der Waals surface area contributed by atoms with Gasteiger partial charge in [0.2, 0.25) is 11.8 Å². The number of likely N-dealkylation sites (tertiary alicyclic amines) is 1. The highest BCUT2D eigenvalue weighted by molar-refractivity contribution is 5.99. The molecule has 1 aromatic heterocycles. The molecule has 0 aliphatic carbocycles. The lowest BCUT2D eigenvalue weighted by molar-refractivity contribution is -0.141. The zero-order chi connectivity index (χ0) is 28.9. The molecule has 2 heterocycles. The molecule has 1 saturated heterocycles. The normalized spacial score (nSPS) is 17.7. The number of carbonyl (C=O) groups is 4. The molecule has 0 bridgehead atoms. The van der Waals surface area contributed by atoms with Crippen LogP contribution in [0.25, 0.3) is 10.9 Å². The summed E-state index contributed by atoms with van der Waals surface area (Å²) in [4.78, 5) is 57.1. The van der Waals surface area contributed by atoms with Crippen molar-refractivity contribution in [2.45, 2.75) is 57.7 Å². The molecule has 3 atom stereocenters. The number of amides is 3. The Morgan fingerprint density at radius 1 is 1.07 bits per heavy atom. The Morgan fingerprint density at radius 2 is 1.77 bits per heavy atom. The van der Waals surface area contributed by atoms with Gasteiger partial charge in [-0.3, -0.25) is 24.3 Å².